The molecule has 1 aliphatic rings. The van der Waals surface area contributed by atoms with Crippen LogP contribution in [0.3, 0.4) is 0 Å². The summed E-state index contributed by atoms with van der Waals surface area (Å²) in [4.78, 5) is 22.8. The second kappa shape index (κ2) is 7.24. The molecule has 1 aliphatic heterocycles. The fourth-order valence-electron chi connectivity index (χ4n) is 3.12. The monoisotopic (exact) mass is 386 g/mol. The van der Waals surface area contributed by atoms with E-state index < -0.39 is 12.2 Å². The van der Waals surface area contributed by atoms with Gasteiger partial charge in [-0.3, -0.25) is 14.8 Å². The van der Waals surface area contributed by atoms with E-state index in [0.717, 1.165) is 26.5 Å². The molecule has 1 saturated heterocycles. The predicted molar refractivity (Wildman–Crippen MR) is 101 cm³/mol. The minimum Gasteiger partial charge on any atom is -0.339 e. The molecule has 0 bridgehead atoms. The molecular formula is C18H19FN6OS. The highest BCUT2D eigenvalue weighted by molar-refractivity contribution is 7.14. The van der Waals surface area contributed by atoms with Gasteiger partial charge in [-0.15, -0.1) is 10.2 Å². The molecule has 2 atom stereocenters. The molecule has 0 radical (unpaired) electrons. The minimum atomic E-state index is -1.17. The summed E-state index contributed by atoms with van der Waals surface area (Å²) in [6.45, 7) is 2.44. The van der Waals surface area contributed by atoms with Gasteiger partial charge in [0.15, 0.2) is 0 Å². The number of halogens is 1. The van der Waals surface area contributed by atoms with Crippen molar-refractivity contribution >= 4 is 28.1 Å². The number of nitrogens with two attached hydrogens (primary N) is 1. The first-order valence-corrected chi connectivity index (χ1v) is 9.54. The molecule has 7 nitrogen and oxygen atoms in total. The first kappa shape index (κ1) is 17.9. The summed E-state index contributed by atoms with van der Waals surface area (Å²) in [5.41, 5.74) is 7.92. The van der Waals surface area contributed by atoms with Crippen molar-refractivity contribution in [2.24, 2.45) is 5.73 Å². The Bertz CT molecular complexity index is 993. The Morgan fingerprint density at radius 3 is 2.93 bits per heavy atom. The lowest BCUT2D eigenvalue weighted by molar-refractivity contribution is -0.132. The number of carbonyl (C=O) groups excluding carboxylic acids is 1. The minimum absolute atomic E-state index is 0.0513. The molecule has 3 aromatic heterocycles. The number of alkyl halides is 1. The summed E-state index contributed by atoms with van der Waals surface area (Å²) in [6, 6.07) is 3.33. The van der Waals surface area contributed by atoms with E-state index >= 15 is 0 Å². The van der Waals surface area contributed by atoms with Gasteiger partial charge >= 0.3 is 0 Å². The average molecular weight is 386 g/mol. The molecule has 2 N–H and O–H groups in total. The molecule has 27 heavy (non-hydrogen) atoms. The van der Waals surface area contributed by atoms with Crippen molar-refractivity contribution in [1.82, 2.24) is 25.1 Å². The Balaban J connectivity index is 1.54. The molecule has 3 aromatic rings. The molecule has 0 unspecified atom stereocenters. The van der Waals surface area contributed by atoms with Crippen molar-refractivity contribution in [2.75, 3.05) is 13.1 Å². The van der Waals surface area contributed by atoms with Crippen molar-refractivity contribution in [2.45, 2.75) is 32.0 Å². The van der Waals surface area contributed by atoms with E-state index in [1.165, 1.54) is 16.2 Å². The first-order chi connectivity index (χ1) is 13.0. The molecule has 0 saturated carbocycles. The summed E-state index contributed by atoms with van der Waals surface area (Å²) in [5, 5.41) is 10.7. The van der Waals surface area contributed by atoms with E-state index in [0.29, 0.717) is 18.7 Å². The van der Waals surface area contributed by atoms with Crippen molar-refractivity contribution in [3.63, 3.8) is 0 Å². The van der Waals surface area contributed by atoms with Gasteiger partial charge in [0.05, 0.1) is 30.4 Å². The number of pyridine rings is 2. The number of aromatic nitrogens is 4. The Labute approximate surface area is 159 Å². The number of hydrogen-bond donors (Lipinski definition) is 1. The zero-order chi connectivity index (χ0) is 19.0. The standard InChI is InChI=1S/C18H19FN6OS/c1-10-23-24-18(27-10)12-4-11-5-13(21-8-16(11)22-7-12)6-17(26)25-3-2-15(20)14(19)9-25/h4-5,7-8,14-15H,2-3,6,9,20H2,1H3/t14-,15+/m1/s1. The van der Waals surface area contributed by atoms with Crippen LogP contribution < -0.4 is 5.73 Å². The van der Waals surface area contributed by atoms with Gasteiger partial charge in [0.25, 0.3) is 0 Å². The van der Waals surface area contributed by atoms with E-state index in [-0.39, 0.29) is 18.9 Å². The third kappa shape index (κ3) is 3.79. The highest BCUT2D eigenvalue weighted by atomic mass is 32.1. The lowest BCUT2D eigenvalue weighted by Gasteiger charge is -2.32. The van der Waals surface area contributed by atoms with Crippen LogP contribution in [0.1, 0.15) is 17.1 Å². The molecular weight excluding hydrogens is 367 g/mol. The smallest absolute Gasteiger partial charge is 0.228 e. The normalized spacial score (nSPS) is 20.2. The maximum atomic E-state index is 13.8. The Kier molecular flexibility index (Phi) is 4.79. The van der Waals surface area contributed by atoms with Crippen LogP contribution in [0.4, 0.5) is 4.39 Å². The maximum Gasteiger partial charge on any atom is 0.228 e. The van der Waals surface area contributed by atoms with Crippen LogP contribution in [0.25, 0.3) is 21.5 Å². The molecule has 1 fully saturated rings. The molecule has 4 rings (SSSR count). The van der Waals surface area contributed by atoms with Crippen LogP contribution in [-0.4, -0.2) is 56.3 Å². The van der Waals surface area contributed by atoms with E-state index in [9.17, 15) is 9.18 Å². The van der Waals surface area contributed by atoms with Crippen LogP contribution in [0.15, 0.2) is 24.5 Å². The summed E-state index contributed by atoms with van der Waals surface area (Å²) in [5.74, 6) is -0.139. The topological polar surface area (TPSA) is 97.9 Å². The van der Waals surface area contributed by atoms with Crippen molar-refractivity contribution < 1.29 is 9.18 Å². The van der Waals surface area contributed by atoms with Gasteiger partial charge in [0, 0.05) is 29.7 Å². The molecule has 140 valence electrons. The summed E-state index contributed by atoms with van der Waals surface area (Å²) in [7, 11) is 0. The second-order valence-electron chi connectivity index (χ2n) is 6.70. The third-order valence-electron chi connectivity index (χ3n) is 4.67. The second-order valence-corrected chi connectivity index (χ2v) is 7.89. The number of piperidine rings is 1. The van der Waals surface area contributed by atoms with Crippen LogP contribution in [0.5, 0.6) is 0 Å². The van der Waals surface area contributed by atoms with Gasteiger partial charge in [0.2, 0.25) is 5.91 Å². The van der Waals surface area contributed by atoms with Gasteiger partial charge in [-0.25, -0.2) is 4.39 Å². The first-order valence-electron chi connectivity index (χ1n) is 8.72. The Morgan fingerprint density at radius 1 is 1.33 bits per heavy atom. The molecule has 9 heteroatoms. The largest absolute Gasteiger partial charge is 0.339 e. The van der Waals surface area contributed by atoms with Gasteiger partial charge in [-0.05, 0) is 25.5 Å². The number of carbonyl (C=O) groups is 1. The van der Waals surface area contributed by atoms with Gasteiger partial charge in [-0.1, -0.05) is 11.3 Å². The third-order valence-corrected chi connectivity index (χ3v) is 5.56. The van der Waals surface area contributed by atoms with Crippen LogP contribution in [-0.2, 0) is 11.2 Å². The highest BCUT2D eigenvalue weighted by Gasteiger charge is 2.29. The molecule has 1 amide bonds. The zero-order valence-electron chi connectivity index (χ0n) is 14.8. The van der Waals surface area contributed by atoms with Gasteiger partial charge < -0.3 is 10.6 Å². The number of amides is 1. The van der Waals surface area contributed by atoms with Crippen molar-refractivity contribution in [3.05, 3.63) is 35.2 Å². The summed E-state index contributed by atoms with van der Waals surface area (Å²) >= 11 is 1.50. The number of likely N-dealkylation sites (tertiary alicyclic amines) is 1. The number of nitrogens with zero attached hydrogens (tertiary/aromatic N) is 5. The maximum absolute atomic E-state index is 13.8. The van der Waals surface area contributed by atoms with Gasteiger partial charge in [0.1, 0.15) is 16.2 Å². The Morgan fingerprint density at radius 2 is 2.19 bits per heavy atom. The summed E-state index contributed by atoms with van der Waals surface area (Å²) in [6.07, 6.45) is 2.83. The van der Waals surface area contributed by atoms with E-state index in [1.807, 2.05) is 19.1 Å². The molecule has 0 aliphatic carbocycles. The summed E-state index contributed by atoms with van der Waals surface area (Å²) < 4.78 is 13.8. The highest BCUT2D eigenvalue weighted by Crippen LogP contribution is 2.25. The average Bonchev–Trinajstić information content (AvgIpc) is 3.09. The fourth-order valence-corrected chi connectivity index (χ4v) is 3.79. The molecule has 0 aromatic carbocycles. The van der Waals surface area contributed by atoms with Crippen molar-refractivity contribution in [1.29, 1.82) is 0 Å². The van der Waals surface area contributed by atoms with Crippen LogP contribution in [0, 0.1) is 6.92 Å². The zero-order valence-corrected chi connectivity index (χ0v) is 15.6. The fraction of sp³-hybridized carbons (Fsp3) is 0.389. The van der Waals surface area contributed by atoms with Crippen LogP contribution >= 0.6 is 11.3 Å². The van der Waals surface area contributed by atoms with E-state index in [1.54, 1.807) is 12.4 Å². The molecule has 0 spiro atoms. The number of hydrogen-bond acceptors (Lipinski definition) is 7. The Hall–Kier alpha value is -2.52. The SMILES string of the molecule is Cc1nnc(-c2cnc3cnc(CC(=O)N4CC[C@H](N)[C@H](F)C4)cc3c2)s1. The van der Waals surface area contributed by atoms with Crippen molar-refractivity contribution in [3.8, 4) is 10.6 Å². The van der Waals surface area contributed by atoms with E-state index in [4.69, 9.17) is 5.73 Å². The number of fused-ring (bicyclic) bond motifs is 1. The van der Waals surface area contributed by atoms with Crippen LogP contribution in [0.2, 0.25) is 0 Å². The predicted octanol–water partition coefficient (Wildman–Crippen LogP) is 1.90. The van der Waals surface area contributed by atoms with E-state index in [2.05, 4.69) is 20.2 Å². The quantitative estimate of drug-likeness (QED) is 0.738. The lowest BCUT2D eigenvalue weighted by Crippen LogP contribution is -2.50. The number of aryl methyl sites for hydroxylation is 1. The lowest BCUT2D eigenvalue weighted by atomic mass is 10.0. The number of rotatable bonds is 3. The van der Waals surface area contributed by atoms with Gasteiger partial charge in [-0.2, -0.15) is 0 Å². The molecule has 4 heterocycles.